The van der Waals surface area contributed by atoms with E-state index in [1.54, 1.807) is 0 Å². The quantitative estimate of drug-likeness (QED) is 0.823. The number of amides is 1. The van der Waals surface area contributed by atoms with E-state index in [9.17, 15) is 9.59 Å². The summed E-state index contributed by atoms with van der Waals surface area (Å²) in [6.07, 6.45) is 3.08. The summed E-state index contributed by atoms with van der Waals surface area (Å²) in [5.41, 5.74) is 2.56. The summed E-state index contributed by atoms with van der Waals surface area (Å²) < 4.78 is 4.48. The largest absolute Gasteiger partial charge is 0.468 e. The Balaban J connectivity index is 1.80. The molecule has 0 radical (unpaired) electrons. The van der Waals surface area contributed by atoms with Crippen molar-refractivity contribution in [2.45, 2.75) is 6.42 Å². The third kappa shape index (κ3) is 4.72. The van der Waals surface area contributed by atoms with Crippen molar-refractivity contribution in [2.24, 2.45) is 0 Å². The van der Waals surface area contributed by atoms with Gasteiger partial charge in [0.05, 0.1) is 13.7 Å². The van der Waals surface area contributed by atoms with Crippen LogP contribution in [0.5, 0.6) is 0 Å². The average molecular weight is 288 g/mol. The zero-order valence-electron chi connectivity index (χ0n) is 12.2. The summed E-state index contributed by atoms with van der Waals surface area (Å²) in [6.45, 7) is 1.81. The number of nitrogens with one attached hydrogen (secondary N) is 1. The summed E-state index contributed by atoms with van der Waals surface area (Å²) in [7, 11) is 1.30. The summed E-state index contributed by atoms with van der Waals surface area (Å²) in [6, 6.07) is 10.3. The number of hydrogen-bond donors (Lipinski definition) is 1. The van der Waals surface area contributed by atoms with Gasteiger partial charge >= 0.3 is 5.97 Å². The first-order valence-electron chi connectivity index (χ1n) is 6.99. The first-order valence-corrected chi connectivity index (χ1v) is 6.99. The molecule has 2 rings (SSSR count). The normalized spacial score (nSPS) is 15.2. The molecule has 5 nitrogen and oxygen atoms in total. The fourth-order valence-corrected chi connectivity index (χ4v) is 2.27. The Kier molecular flexibility index (Phi) is 5.51. The lowest BCUT2D eigenvalue weighted by atomic mass is 10.00. The molecule has 5 heteroatoms. The van der Waals surface area contributed by atoms with Crippen LogP contribution in [-0.2, 0) is 14.3 Å². The van der Waals surface area contributed by atoms with Gasteiger partial charge in [-0.25, -0.2) is 0 Å². The first kappa shape index (κ1) is 15.3. The van der Waals surface area contributed by atoms with E-state index in [1.807, 2.05) is 18.2 Å². The maximum atomic E-state index is 11.7. The molecule has 0 saturated carbocycles. The number of benzene rings is 1. The molecule has 1 aliphatic rings. The maximum Gasteiger partial charge on any atom is 0.325 e. The molecule has 1 amide bonds. The molecule has 0 bridgehead atoms. The van der Waals surface area contributed by atoms with E-state index < -0.39 is 5.97 Å². The number of ether oxygens (including phenoxy) is 1. The van der Waals surface area contributed by atoms with Crippen molar-refractivity contribution in [3.63, 3.8) is 0 Å². The maximum absolute atomic E-state index is 11.7. The van der Waals surface area contributed by atoms with Crippen molar-refractivity contribution in [1.82, 2.24) is 10.2 Å². The fourth-order valence-electron chi connectivity index (χ4n) is 2.27. The van der Waals surface area contributed by atoms with E-state index in [2.05, 4.69) is 33.2 Å². The molecular weight excluding hydrogens is 268 g/mol. The molecule has 0 atom stereocenters. The fraction of sp³-hybridized carbons (Fsp3) is 0.375. The van der Waals surface area contributed by atoms with E-state index in [0.717, 1.165) is 19.5 Å². The second-order valence-electron chi connectivity index (χ2n) is 4.93. The highest BCUT2D eigenvalue weighted by molar-refractivity contribution is 5.83. The van der Waals surface area contributed by atoms with Gasteiger partial charge in [0.2, 0.25) is 5.91 Å². The lowest BCUT2D eigenvalue weighted by Crippen LogP contribution is -2.41. The van der Waals surface area contributed by atoms with Crippen LogP contribution in [0.25, 0.3) is 5.57 Å². The number of esters is 1. The zero-order chi connectivity index (χ0) is 15.1. The van der Waals surface area contributed by atoms with Crippen molar-refractivity contribution < 1.29 is 14.3 Å². The average Bonchev–Trinajstić information content (AvgIpc) is 2.54. The summed E-state index contributed by atoms with van der Waals surface area (Å²) in [5.74, 6) is -0.592. The van der Waals surface area contributed by atoms with Gasteiger partial charge in [0.25, 0.3) is 0 Å². The minimum Gasteiger partial charge on any atom is -0.468 e. The molecule has 0 saturated heterocycles. The lowest BCUT2D eigenvalue weighted by molar-refractivity contribution is -0.141. The van der Waals surface area contributed by atoms with E-state index in [4.69, 9.17) is 0 Å². The third-order valence-corrected chi connectivity index (χ3v) is 3.46. The van der Waals surface area contributed by atoms with Gasteiger partial charge < -0.3 is 10.1 Å². The van der Waals surface area contributed by atoms with Crippen LogP contribution in [0.3, 0.4) is 0 Å². The molecule has 0 aliphatic carbocycles. The molecule has 0 fully saturated rings. The molecule has 1 N–H and O–H groups in total. The monoisotopic (exact) mass is 288 g/mol. The topological polar surface area (TPSA) is 58.6 Å². The minimum absolute atomic E-state index is 0.0751. The second kappa shape index (κ2) is 7.59. The van der Waals surface area contributed by atoms with Gasteiger partial charge in [-0.15, -0.1) is 0 Å². The first-order chi connectivity index (χ1) is 10.2. The Morgan fingerprint density at radius 2 is 2.05 bits per heavy atom. The van der Waals surface area contributed by atoms with Gasteiger partial charge in [-0.3, -0.25) is 14.5 Å². The number of methoxy groups -OCH3 is 1. The Labute approximate surface area is 124 Å². The number of carbonyl (C=O) groups is 2. The van der Waals surface area contributed by atoms with Crippen LogP contribution in [0.2, 0.25) is 0 Å². The van der Waals surface area contributed by atoms with Crippen LogP contribution in [0, 0.1) is 0 Å². The summed E-state index contributed by atoms with van der Waals surface area (Å²) >= 11 is 0. The van der Waals surface area contributed by atoms with E-state index >= 15 is 0 Å². The van der Waals surface area contributed by atoms with Gasteiger partial charge in [0.1, 0.15) is 6.54 Å². The van der Waals surface area contributed by atoms with Crippen LogP contribution in [0.1, 0.15) is 12.0 Å². The number of rotatable bonds is 5. The Hall–Kier alpha value is -2.14. The summed E-state index contributed by atoms with van der Waals surface area (Å²) in [5, 5.41) is 2.55. The molecule has 112 valence electrons. The van der Waals surface area contributed by atoms with E-state index in [-0.39, 0.29) is 12.5 Å². The minimum atomic E-state index is -0.437. The molecule has 1 aliphatic heterocycles. The molecule has 0 unspecified atom stereocenters. The van der Waals surface area contributed by atoms with E-state index in [1.165, 1.54) is 18.2 Å². The molecule has 1 aromatic rings. The van der Waals surface area contributed by atoms with Crippen LogP contribution < -0.4 is 5.32 Å². The molecule has 0 aromatic heterocycles. The van der Waals surface area contributed by atoms with Crippen LogP contribution in [0.15, 0.2) is 36.4 Å². The van der Waals surface area contributed by atoms with Crippen LogP contribution in [0.4, 0.5) is 0 Å². The number of hydrogen-bond acceptors (Lipinski definition) is 4. The van der Waals surface area contributed by atoms with Gasteiger partial charge in [0, 0.05) is 13.1 Å². The van der Waals surface area contributed by atoms with Crippen molar-refractivity contribution in [2.75, 3.05) is 33.3 Å². The lowest BCUT2D eigenvalue weighted by Gasteiger charge is -2.25. The Morgan fingerprint density at radius 3 is 2.67 bits per heavy atom. The molecular formula is C16H20N2O3. The highest BCUT2D eigenvalue weighted by Gasteiger charge is 2.15. The Bertz CT molecular complexity index is 526. The van der Waals surface area contributed by atoms with Gasteiger partial charge in [0.15, 0.2) is 0 Å². The standard InChI is InChI=1S/C16H20N2O3/c1-21-16(20)11-17-15(19)12-18-9-7-14(8-10-18)13-5-3-2-4-6-13/h2-7H,8-12H2,1H3,(H,17,19). The SMILES string of the molecule is COC(=O)CNC(=O)CN1CC=C(c2ccccc2)CC1. The molecule has 21 heavy (non-hydrogen) atoms. The van der Waals surface area contributed by atoms with Gasteiger partial charge in [-0.05, 0) is 17.6 Å². The third-order valence-electron chi connectivity index (χ3n) is 3.46. The number of nitrogens with zero attached hydrogens (tertiary/aromatic N) is 1. The zero-order valence-corrected chi connectivity index (χ0v) is 12.2. The van der Waals surface area contributed by atoms with Crippen LogP contribution >= 0.6 is 0 Å². The van der Waals surface area contributed by atoms with Crippen molar-refractivity contribution in [3.8, 4) is 0 Å². The second-order valence-corrected chi connectivity index (χ2v) is 4.93. The predicted molar refractivity (Wildman–Crippen MR) is 80.5 cm³/mol. The van der Waals surface area contributed by atoms with Crippen molar-refractivity contribution >= 4 is 17.4 Å². The highest BCUT2D eigenvalue weighted by atomic mass is 16.5. The van der Waals surface area contributed by atoms with Gasteiger partial charge in [-0.2, -0.15) is 0 Å². The van der Waals surface area contributed by atoms with Crippen LogP contribution in [-0.4, -0.2) is 50.1 Å². The molecule has 1 aromatic carbocycles. The smallest absolute Gasteiger partial charge is 0.325 e. The highest BCUT2D eigenvalue weighted by Crippen LogP contribution is 2.21. The number of carbonyl (C=O) groups excluding carboxylic acids is 2. The molecule has 0 spiro atoms. The predicted octanol–water partition coefficient (Wildman–Crippen LogP) is 1.06. The van der Waals surface area contributed by atoms with Crippen molar-refractivity contribution in [1.29, 1.82) is 0 Å². The van der Waals surface area contributed by atoms with Gasteiger partial charge in [-0.1, -0.05) is 36.4 Å². The Morgan fingerprint density at radius 1 is 1.29 bits per heavy atom. The van der Waals surface area contributed by atoms with E-state index in [0.29, 0.717) is 6.54 Å². The van der Waals surface area contributed by atoms with Crippen molar-refractivity contribution in [3.05, 3.63) is 42.0 Å². The molecule has 1 heterocycles. The summed E-state index contributed by atoms with van der Waals surface area (Å²) in [4.78, 5) is 24.7.